The van der Waals surface area contributed by atoms with E-state index in [-0.39, 0.29) is 134 Å². The molecule has 4 aromatic carbocycles. The number of hydrogen-bond acceptors (Lipinski definition) is 23. The van der Waals surface area contributed by atoms with E-state index in [1.807, 2.05) is 60.3 Å². The van der Waals surface area contributed by atoms with Gasteiger partial charge in [-0.2, -0.15) is 0 Å². The highest BCUT2D eigenvalue weighted by Gasteiger charge is 2.55. The van der Waals surface area contributed by atoms with Gasteiger partial charge in [0, 0.05) is 189 Å². The van der Waals surface area contributed by atoms with Gasteiger partial charge in [-0.05, 0) is 160 Å². The fourth-order valence-corrected chi connectivity index (χ4v) is 25.3. The molecule has 1 aliphatic heterocycles. The molecule has 1 amide bonds. The van der Waals surface area contributed by atoms with Crippen LogP contribution in [-0.2, 0) is 119 Å². The van der Waals surface area contributed by atoms with Gasteiger partial charge >= 0.3 is 0 Å². The number of sulfone groups is 3. The van der Waals surface area contributed by atoms with Crippen molar-refractivity contribution in [2.45, 2.75) is 160 Å². The number of amides is 1. The number of carbonyl (C=O) groups excluding carboxylic acids is 5. The Kier molecular flexibility index (Phi) is 29.0. The molecule has 148 heavy (non-hydrogen) atoms. The third-order valence-electron chi connectivity index (χ3n) is 31.0. The number of pyridine rings is 3. The van der Waals surface area contributed by atoms with Crippen LogP contribution in [0.2, 0.25) is 0 Å². The molecule has 0 radical (unpaired) electrons. The molecule has 0 saturated carbocycles. The van der Waals surface area contributed by atoms with Crippen LogP contribution in [-0.4, -0.2) is 164 Å². The van der Waals surface area contributed by atoms with Gasteiger partial charge < -0.3 is 29.0 Å². The SMILES string of the molecule is [C-]#[N+]C1=C[C@@]2(C)c3nc(-c4ccnc(CCS(C)(=O)=O)c4)nc(-c4ccccc4F)c3CC[C@@H]2[C@@H](C)C1=O.[C-]#[N+]C1=C[C@@]2(C)c3nc(-c4ccnc(CS(=O)(=O)CC)c4)nc(-c4ccccc4F)c3CC[C@@H]2[C@@H](C)C1=O.[C-]#[N+]C1=C[C@@]2(C)c3nc(-c4ccnc(CS(C)(=O)=O)c4)nc(-c4ccccc4F)c3CC[C@@H]2[C@@H](C)C1=O.[C-]#[N+]C1=C[C@@]2(C)c3nc(N4CCN(C(C)=O)CC4)nc(-c4ccccc4F)c3CC[C@@H]2[C@@H](C)C1=O. The third-order valence-corrected chi connectivity index (χ3v) is 34.3. The second kappa shape index (κ2) is 41.1. The molecule has 1 saturated heterocycles. The van der Waals surface area contributed by atoms with Crippen molar-refractivity contribution in [3.63, 3.8) is 0 Å². The van der Waals surface area contributed by atoms with E-state index in [2.05, 4.69) is 34.3 Å². The molecular weight excluding hydrogens is 1940 g/mol. The molecule has 0 unspecified atom stereocenters. The van der Waals surface area contributed by atoms with Crippen LogP contribution < -0.4 is 4.90 Å². The van der Waals surface area contributed by atoms with Gasteiger partial charge in [-0.25, -0.2) is 102 Å². The maximum absolute atomic E-state index is 15.1. The number of fused-ring (bicyclic) bond motifs is 12. The van der Waals surface area contributed by atoms with E-state index < -0.39 is 68.6 Å². The van der Waals surface area contributed by atoms with Crippen molar-refractivity contribution in [1.82, 2.24) is 59.7 Å². The standard InChI is InChI=1S/2C29H27FN4O3S.C28H25FN4O3S.C27H28FN5O2/c1-17-22-10-9-21-25(20-7-5-6-8-23(20)30)33-28(18-11-13-32-19(15-18)12-14-38(4,36)37)34-27(21)29(22,2)16-24(31-3)26(17)35;1-5-38(36,37)16-19-14-18(12-13-32-19)28-33-25(20-8-6-7-9-23(20)30)21-10-11-22-17(2)26(35)24(31-4)15-29(22,3)27(21)34-28;1-16-21-10-9-20-24(19-7-5-6-8-22(19)29)32-27(17-11-12-31-18(13-17)15-37(4,35)36)33-26(20)28(21,2)14-23(30-3)25(16)34;1-16-20-10-9-19-23(18-7-5-6-8-21(18)28)30-26(33-13-11-32(12-14-33)17(2)34)31-25(19)27(20,3)15-22(29-4)24(16)35/h5-8,11,13,15-17,22H,9-10,12,14H2,1-2,4H3;6-9,12-15,17,22H,5,10-11,16H2,1-3H3;5-8,11-14,16,21H,9-10,15H2,1-2,4H3;5-8,15-16,20H,9-14H2,1-3H3/t2*17-,22-,29-;16-,21-,28-;16-,20-,27-/m1111/s1. The van der Waals surface area contributed by atoms with Crippen LogP contribution in [0.25, 0.3) is 98.6 Å². The van der Waals surface area contributed by atoms with Gasteiger partial charge in [0.15, 0.2) is 60.3 Å². The highest BCUT2D eigenvalue weighted by atomic mass is 32.2. The minimum atomic E-state index is -3.31. The molecule has 7 aromatic heterocycles. The van der Waals surface area contributed by atoms with Gasteiger partial charge in [-0.15, -0.1) is 0 Å². The molecule has 1 fully saturated rings. The Bertz CT molecular complexity index is 8060. The van der Waals surface area contributed by atoms with Crippen LogP contribution in [0, 0.1) is 96.9 Å². The first-order valence-corrected chi connectivity index (χ1v) is 54.9. The number of halogens is 4. The van der Waals surface area contributed by atoms with Gasteiger partial charge in [0.25, 0.3) is 0 Å². The van der Waals surface area contributed by atoms with Crippen LogP contribution in [0.5, 0.6) is 0 Å². The average Bonchev–Trinajstić information content (AvgIpc) is 0.729. The molecule has 756 valence electrons. The second-order valence-electron chi connectivity index (χ2n) is 40.4. The van der Waals surface area contributed by atoms with E-state index in [9.17, 15) is 49.2 Å². The summed E-state index contributed by atoms with van der Waals surface area (Å²) in [6.07, 6.45) is 19.2. The summed E-state index contributed by atoms with van der Waals surface area (Å²) in [5.74, 6) is -2.73. The summed E-state index contributed by atoms with van der Waals surface area (Å²) < 4.78 is 132. The second-order valence-corrected chi connectivity index (χ2v) is 47.2. The van der Waals surface area contributed by atoms with Crippen LogP contribution in [0.4, 0.5) is 23.5 Å². The lowest BCUT2D eigenvalue weighted by Gasteiger charge is -2.46. The van der Waals surface area contributed by atoms with Crippen molar-refractivity contribution in [2.24, 2.45) is 47.3 Å². The normalized spacial score (nSPS) is 23.5. The Balaban J connectivity index is 0.000000135. The zero-order valence-electron chi connectivity index (χ0n) is 83.7. The highest BCUT2D eigenvalue weighted by Crippen LogP contribution is 2.57. The Hall–Kier alpha value is -14.9. The van der Waals surface area contributed by atoms with Gasteiger partial charge in [-0.3, -0.25) is 19.7 Å². The number of ketones is 4. The van der Waals surface area contributed by atoms with Crippen LogP contribution in [0.1, 0.15) is 157 Å². The molecule has 20 rings (SSSR count). The molecule has 0 spiro atoms. The zero-order valence-corrected chi connectivity index (χ0v) is 86.2. The first-order chi connectivity index (χ1) is 70.3. The summed E-state index contributed by atoms with van der Waals surface area (Å²) in [5.41, 5.74) is 10.1. The molecule has 8 heterocycles. The van der Waals surface area contributed by atoms with Gasteiger partial charge in [-0.1, -0.05) is 135 Å². The smallest absolute Gasteiger partial charge is 0.226 e. The molecule has 11 aromatic rings. The minimum Gasteiger partial charge on any atom is -0.339 e. The molecule has 0 bridgehead atoms. The summed E-state index contributed by atoms with van der Waals surface area (Å²) in [6, 6.07) is 36.1. The Morgan fingerprint density at radius 3 is 0.980 bits per heavy atom. The molecule has 0 N–H and O–H groups in total. The van der Waals surface area contributed by atoms with Crippen molar-refractivity contribution >= 4 is 64.5 Å². The molecule has 8 aliphatic carbocycles. The number of Topliss-reactive ketones (excluding diaryl/α,β-unsaturated/α-hetero) is 4. The van der Waals surface area contributed by atoms with Crippen LogP contribution in [0.15, 0.2) is 199 Å². The van der Waals surface area contributed by atoms with Gasteiger partial charge in [0.2, 0.25) is 34.6 Å². The largest absolute Gasteiger partial charge is 0.339 e. The zero-order chi connectivity index (χ0) is 106. The Labute approximate surface area is 857 Å². The number of carbonyl (C=O) groups is 5. The van der Waals surface area contributed by atoms with E-state index in [0.29, 0.717) is 190 Å². The number of benzene rings is 4. The highest BCUT2D eigenvalue weighted by molar-refractivity contribution is 7.91. The van der Waals surface area contributed by atoms with Crippen LogP contribution in [0.3, 0.4) is 0 Å². The van der Waals surface area contributed by atoms with Gasteiger partial charge in [0.05, 0.1) is 100 Å². The van der Waals surface area contributed by atoms with Crippen LogP contribution >= 0.6 is 0 Å². The summed E-state index contributed by atoms with van der Waals surface area (Å²) in [6.45, 7) is 51.2. The Morgan fingerprint density at radius 1 is 0.399 bits per heavy atom. The fraction of sp³-hybridized carbons (Fsp3) is 0.363. The van der Waals surface area contributed by atoms with E-state index in [0.717, 1.165) is 40.6 Å². The molecule has 9 aliphatic rings. The fourth-order valence-electron chi connectivity index (χ4n) is 23.3. The molecule has 28 nitrogen and oxygen atoms in total. The number of aromatic nitrogens is 11. The number of rotatable bonds is 16. The molecular formula is C113H107F4N17O11S3. The maximum Gasteiger partial charge on any atom is 0.226 e. The lowest BCUT2D eigenvalue weighted by molar-refractivity contribution is -0.129. The predicted octanol–water partition coefficient (Wildman–Crippen LogP) is 18.4. The van der Waals surface area contributed by atoms with E-state index in [1.54, 1.807) is 158 Å². The molecule has 35 heteroatoms. The van der Waals surface area contributed by atoms with E-state index in [4.69, 9.17) is 66.2 Å². The first kappa shape index (κ1) is 104. The summed E-state index contributed by atoms with van der Waals surface area (Å²) >= 11 is 0. The van der Waals surface area contributed by atoms with Crippen molar-refractivity contribution < 1.29 is 66.8 Å². The number of nitrogens with zero attached hydrogens (tertiary/aromatic N) is 17. The van der Waals surface area contributed by atoms with Crippen molar-refractivity contribution in [3.8, 4) is 79.2 Å². The maximum atomic E-state index is 15.1. The molecule has 12 atom stereocenters. The monoisotopic (exact) mass is 2050 g/mol. The lowest BCUT2D eigenvalue weighted by Crippen LogP contribution is -2.49. The number of piperazine rings is 1. The number of hydrogen-bond donors (Lipinski definition) is 0. The minimum absolute atomic E-state index is 0.00113. The summed E-state index contributed by atoms with van der Waals surface area (Å²) in [5, 5.41) is 0. The number of anilines is 1. The lowest BCUT2D eigenvalue weighted by atomic mass is 9.58. The summed E-state index contributed by atoms with van der Waals surface area (Å²) in [4.78, 5) is 133. The number of allylic oxidation sites excluding steroid dienone is 8. The summed E-state index contributed by atoms with van der Waals surface area (Å²) in [7, 11) is -9.79. The van der Waals surface area contributed by atoms with Gasteiger partial charge in [0.1, 0.15) is 33.1 Å². The number of aryl methyl sites for hydroxylation is 1. The quantitative estimate of drug-likeness (QED) is 0.0640. The van der Waals surface area contributed by atoms with Crippen molar-refractivity contribution in [2.75, 3.05) is 55.1 Å². The van der Waals surface area contributed by atoms with Crippen molar-refractivity contribution in [3.05, 3.63) is 330 Å². The topological polar surface area (TPSA) is 353 Å². The Morgan fingerprint density at radius 2 is 0.689 bits per heavy atom. The predicted molar refractivity (Wildman–Crippen MR) is 551 cm³/mol. The average molecular weight is 2050 g/mol. The van der Waals surface area contributed by atoms with E-state index >= 15 is 17.6 Å². The van der Waals surface area contributed by atoms with Crippen molar-refractivity contribution in [1.29, 1.82) is 0 Å². The third kappa shape index (κ3) is 20.1. The first-order valence-electron chi connectivity index (χ1n) is 49.0. The van der Waals surface area contributed by atoms with E-state index in [1.165, 1.54) is 42.9 Å².